The summed E-state index contributed by atoms with van der Waals surface area (Å²) < 4.78 is 5.23. The van der Waals surface area contributed by atoms with Crippen LogP contribution in [0.15, 0.2) is 52.3 Å². The summed E-state index contributed by atoms with van der Waals surface area (Å²) in [6.45, 7) is 2.05. The number of rotatable bonds is 3. The molecule has 1 aromatic heterocycles. The highest BCUT2D eigenvalue weighted by atomic mass is 32.2. The number of aromatic amines is 1. The highest BCUT2D eigenvalue weighted by molar-refractivity contribution is 7.99. The van der Waals surface area contributed by atoms with Crippen LogP contribution in [0, 0.1) is 6.92 Å². The minimum atomic E-state index is 0.207. The molecule has 0 amide bonds. The monoisotopic (exact) mass is 285 g/mol. The molecule has 1 heterocycles. The van der Waals surface area contributed by atoms with Gasteiger partial charge in [-0.15, -0.1) is 0 Å². The van der Waals surface area contributed by atoms with E-state index in [1.807, 2.05) is 43.3 Å². The third-order valence-electron chi connectivity index (χ3n) is 3.15. The van der Waals surface area contributed by atoms with Crippen LogP contribution in [0.25, 0.3) is 10.9 Å². The molecule has 3 rings (SSSR count). The second kappa shape index (κ2) is 5.13. The molecule has 0 fully saturated rings. The van der Waals surface area contributed by atoms with Crippen molar-refractivity contribution in [3.8, 4) is 11.6 Å². The standard InChI is InChI=1S/C16H15NO2S/c1-10-6-7-14-13(8-10)15(16(18)17-14)20-12-5-3-4-11(9-12)19-2/h3-9,17-18H,1-2H3. The molecule has 20 heavy (non-hydrogen) atoms. The molecule has 0 saturated heterocycles. The summed E-state index contributed by atoms with van der Waals surface area (Å²) in [5, 5.41) is 11.1. The number of aromatic hydroxyl groups is 1. The molecule has 3 aromatic rings. The Morgan fingerprint density at radius 1 is 1.15 bits per heavy atom. The Bertz CT molecular complexity index is 764. The topological polar surface area (TPSA) is 45.2 Å². The molecule has 0 bridgehead atoms. The molecule has 0 aliphatic rings. The van der Waals surface area contributed by atoms with Gasteiger partial charge in [-0.1, -0.05) is 29.5 Å². The lowest BCUT2D eigenvalue weighted by Gasteiger charge is -2.04. The van der Waals surface area contributed by atoms with Gasteiger partial charge >= 0.3 is 0 Å². The molecule has 0 atom stereocenters. The summed E-state index contributed by atoms with van der Waals surface area (Å²) in [4.78, 5) is 4.88. The molecule has 0 saturated carbocycles. The number of hydrogen-bond donors (Lipinski definition) is 2. The number of nitrogens with one attached hydrogen (secondary N) is 1. The van der Waals surface area contributed by atoms with Crippen LogP contribution in [-0.2, 0) is 0 Å². The van der Waals surface area contributed by atoms with Crippen molar-refractivity contribution in [2.24, 2.45) is 0 Å². The zero-order chi connectivity index (χ0) is 14.1. The van der Waals surface area contributed by atoms with Crippen LogP contribution in [0.3, 0.4) is 0 Å². The van der Waals surface area contributed by atoms with Crippen molar-refractivity contribution >= 4 is 22.7 Å². The van der Waals surface area contributed by atoms with Gasteiger partial charge in [0.15, 0.2) is 0 Å². The van der Waals surface area contributed by atoms with Gasteiger partial charge in [0.2, 0.25) is 5.88 Å². The van der Waals surface area contributed by atoms with Crippen molar-refractivity contribution in [2.45, 2.75) is 16.7 Å². The lowest BCUT2D eigenvalue weighted by molar-refractivity contribution is 0.413. The van der Waals surface area contributed by atoms with Gasteiger partial charge in [-0.25, -0.2) is 0 Å². The normalized spacial score (nSPS) is 10.9. The predicted octanol–water partition coefficient (Wildman–Crippen LogP) is 4.34. The van der Waals surface area contributed by atoms with Crippen LogP contribution in [0.2, 0.25) is 0 Å². The molecule has 0 spiro atoms. The molecule has 2 N–H and O–H groups in total. The molecule has 0 radical (unpaired) electrons. The van der Waals surface area contributed by atoms with Gasteiger partial charge < -0.3 is 14.8 Å². The summed E-state index contributed by atoms with van der Waals surface area (Å²) in [6.07, 6.45) is 0. The second-order valence-electron chi connectivity index (χ2n) is 4.63. The van der Waals surface area contributed by atoms with Crippen molar-refractivity contribution in [1.29, 1.82) is 0 Å². The van der Waals surface area contributed by atoms with Crippen LogP contribution in [0.1, 0.15) is 5.56 Å². The lowest BCUT2D eigenvalue weighted by atomic mass is 10.2. The van der Waals surface area contributed by atoms with Crippen molar-refractivity contribution in [1.82, 2.24) is 4.98 Å². The minimum absolute atomic E-state index is 0.207. The number of methoxy groups -OCH3 is 1. The molecular formula is C16H15NO2S. The van der Waals surface area contributed by atoms with Crippen LogP contribution in [-0.4, -0.2) is 17.2 Å². The second-order valence-corrected chi connectivity index (χ2v) is 5.72. The van der Waals surface area contributed by atoms with Gasteiger partial charge in [-0.2, -0.15) is 0 Å². The number of ether oxygens (including phenoxy) is 1. The number of aromatic nitrogens is 1. The van der Waals surface area contributed by atoms with Crippen LogP contribution in [0.5, 0.6) is 11.6 Å². The molecule has 2 aromatic carbocycles. The summed E-state index contributed by atoms with van der Waals surface area (Å²) in [5.41, 5.74) is 2.11. The summed E-state index contributed by atoms with van der Waals surface area (Å²) >= 11 is 1.53. The van der Waals surface area contributed by atoms with Crippen molar-refractivity contribution in [3.05, 3.63) is 48.0 Å². The van der Waals surface area contributed by atoms with E-state index in [-0.39, 0.29) is 5.88 Å². The van der Waals surface area contributed by atoms with E-state index in [1.165, 1.54) is 17.3 Å². The highest BCUT2D eigenvalue weighted by Gasteiger charge is 2.12. The average molecular weight is 285 g/mol. The van der Waals surface area contributed by atoms with Crippen molar-refractivity contribution in [3.63, 3.8) is 0 Å². The lowest BCUT2D eigenvalue weighted by Crippen LogP contribution is -1.82. The number of aryl methyl sites for hydroxylation is 1. The fourth-order valence-corrected chi connectivity index (χ4v) is 3.14. The van der Waals surface area contributed by atoms with E-state index in [0.29, 0.717) is 0 Å². The molecule has 102 valence electrons. The number of benzene rings is 2. The third-order valence-corrected chi connectivity index (χ3v) is 4.26. The van der Waals surface area contributed by atoms with Gasteiger partial charge in [0.25, 0.3) is 0 Å². The van der Waals surface area contributed by atoms with Crippen LogP contribution >= 0.6 is 11.8 Å². The van der Waals surface area contributed by atoms with E-state index < -0.39 is 0 Å². The van der Waals surface area contributed by atoms with E-state index in [1.54, 1.807) is 7.11 Å². The van der Waals surface area contributed by atoms with Gasteiger partial charge in [-0.05, 0) is 37.3 Å². The van der Waals surface area contributed by atoms with Crippen LogP contribution < -0.4 is 4.74 Å². The fraction of sp³-hybridized carbons (Fsp3) is 0.125. The maximum Gasteiger partial charge on any atom is 0.203 e. The average Bonchev–Trinajstić information content (AvgIpc) is 2.75. The van der Waals surface area contributed by atoms with E-state index in [4.69, 9.17) is 4.74 Å². The number of hydrogen-bond acceptors (Lipinski definition) is 3. The first kappa shape index (κ1) is 12.9. The predicted molar refractivity (Wildman–Crippen MR) is 81.8 cm³/mol. The van der Waals surface area contributed by atoms with E-state index in [9.17, 15) is 5.11 Å². The van der Waals surface area contributed by atoms with Gasteiger partial charge in [-0.3, -0.25) is 0 Å². The van der Waals surface area contributed by atoms with Gasteiger partial charge in [0.05, 0.1) is 12.0 Å². The quantitative estimate of drug-likeness (QED) is 0.752. The first-order valence-electron chi connectivity index (χ1n) is 6.30. The van der Waals surface area contributed by atoms with E-state index >= 15 is 0 Å². The smallest absolute Gasteiger partial charge is 0.203 e. The zero-order valence-electron chi connectivity index (χ0n) is 11.3. The third kappa shape index (κ3) is 2.34. The van der Waals surface area contributed by atoms with E-state index in [2.05, 4.69) is 11.1 Å². The largest absolute Gasteiger partial charge is 0.497 e. The van der Waals surface area contributed by atoms with Crippen LogP contribution in [0.4, 0.5) is 0 Å². The van der Waals surface area contributed by atoms with Gasteiger partial charge in [0, 0.05) is 15.8 Å². The minimum Gasteiger partial charge on any atom is -0.497 e. The molecule has 4 heteroatoms. The Hall–Kier alpha value is -2.07. The summed E-state index contributed by atoms with van der Waals surface area (Å²) in [7, 11) is 1.65. The summed E-state index contributed by atoms with van der Waals surface area (Å²) in [6, 6.07) is 13.9. The fourth-order valence-electron chi connectivity index (χ4n) is 2.15. The Labute approximate surface area is 121 Å². The molecule has 0 aliphatic carbocycles. The maximum absolute atomic E-state index is 10.1. The molecule has 0 unspecified atom stereocenters. The number of H-pyrrole nitrogens is 1. The first-order chi connectivity index (χ1) is 9.67. The Balaban J connectivity index is 2.05. The van der Waals surface area contributed by atoms with Crippen molar-refractivity contribution < 1.29 is 9.84 Å². The summed E-state index contributed by atoms with van der Waals surface area (Å²) in [5.74, 6) is 1.02. The molecule has 3 nitrogen and oxygen atoms in total. The highest BCUT2D eigenvalue weighted by Crippen LogP contribution is 2.40. The van der Waals surface area contributed by atoms with Crippen molar-refractivity contribution in [2.75, 3.05) is 7.11 Å². The Morgan fingerprint density at radius 2 is 2.00 bits per heavy atom. The Kier molecular flexibility index (Phi) is 3.32. The van der Waals surface area contributed by atoms with E-state index in [0.717, 1.165) is 26.4 Å². The first-order valence-corrected chi connectivity index (χ1v) is 7.12. The molecular weight excluding hydrogens is 270 g/mol. The van der Waals surface area contributed by atoms with Gasteiger partial charge in [0.1, 0.15) is 5.75 Å². The Morgan fingerprint density at radius 3 is 2.80 bits per heavy atom. The maximum atomic E-state index is 10.1. The molecule has 0 aliphatic heterocycles. The number of fused-ring (bicyclic) bond motifs is 1. The zero-order valence-corrected chi connectivity index (χ0v) is 12.1. The SMILES string of the molecule is COc1cccc(Sc2c(O)[nH]c3ccc(C)cc23)c1.